The first-order chi connectivity index (χ1) is 8.27. The fourth-order valence-corrected chi connectivity index (χ4v) is 1.86. The molecule has 17 heavy (non-hydrogen) atoms. The fraction of sp³-hybridized carbons (Fsp3) is 0.538. The summed E-state index contributed by atoms with van der Waals surface area (Å²) in [7, 11) is 1.69. The summed E-state index contributed by atoms with van der Waals surface area (Å²) in [6, 6.07) is 7.85. The van der Waals surface area contributed by atoms with Gasteiger partial charge in [0.25, 0.3) is 0 Å². The zero-order valence-electron chi connectivity index (χ0n) is 10.4. The van der Waals surface area contributed by atoms with Crippen LogP contribution in [0.5, 0.6) is 5.75 Å². The smallest absolute Gasteiger partial charge is 0.134 e. The Morgan fingerprint density at radius 1 is 1.35 bits per heavy atom. The molecule has 0 amide bonds. The molecule has 0 saturated heterocycles. The molecular weight excluding hydrogens is 282 g/mol. The number of rotatable bonds is 8. The average Bonchev–Trinajstić information content (AvgIpc) is 2.32. The molecule has 96 valence electrons. The van der Waals surface area contributed by atoms with Crippen molar-refractivity contribution in [2.24, 2.45) is 0 Å². The second kappa shape index (κ2) is 8.50. The molecule has 0 radical (unpaired) electrons. The second-order valence-corrected chi connectivity index (χ2v) is 4.68. The lowest BCUT2D eigenvalue weighted by atomic mass is 10.3. The van der Waals surface area contributed by atoms with Gasteiger partial charge < -0.3 is 14.8 Å². The maximum atomic E-state index is 5.90. The van der Waals surface area contributed by atoms with Crippen LogP contribution in [-0.4, -0.2) is 32.9 Å². The summed E-state index contributed by atoms with van der Waals surface area (Å²) in [4.78, 5) is 0. The quantitative estimate of drug-likeness (QED) is 0.749. The summed E-state index contributed by atoms with van der Waals surface area (Å²) in [6.07, 6.45) is 1.15. The van der Waals surface area contributed by atoms with E-state index in [1.807, 2.05) is 24.3 Å². The number of benzene rings is 1. The van der Waals surface area contributed by atoms with E-state index in [1.165, 1.54) is 0 Å². The van der Waals surface area contributed by atoms with Crippen LogP contribution in [0.4, 0.5) is 0 Å². The van der Waals surface area contributed by atoms with Crippen molar-refractivity contribution in [3.8, 4) is 5.75 Å². The Bertz CT molecular complexity index is 320. The van der Waals surface area contributed by atoms with E-state index >= 15 is 0 Å². The summed E-state index contributed by atoms with van der Waals surface area (Å²) in [6.45, 7) is 4.52. The lowest BCUT2D eigenvalue weighted by molar-refractivity contribution is 0.0802. The Morgan fingerprint density at radius 3 is 2.76 bits per heavy atom. The molecule has 1 N–H and O–H groups in total. The molecule has 0 heterocycles. The maximum Gasteiger partial charge on any atom is 0.134 e. The summed E-state index contributed by atoms with van der Waals surface area (Å²) in [5.41, 5.74) is 0. The number of para-hydroxylation sites is 1. The van der Waals surface area contributed by atoms with Crippen molar-refractivity contribution in [1.29, 1.82) is 0 Å². The molecule has 1 atom stereocenters. The molecule has 0 fully saturated rings. The van der Waals surface area contributed by atoms with Gasteiger partial charge in [-0.15, -0.1) is 0 Å². The van der Waals surface area contributed by atoms with Crippen LogP contribution in [0.3, 0.4) is 0 Å². The standard InChI is InChI=1S/C13H20BrNO2/c1-3-8-15-9-11(10-16-2)17-13-7-5-4-6-12(13)14/h4-7,11,15H,3,8-10H2,1-2H3. The highest BCUT2D eigenvalue weighted by molar-refractivity contribution is 9.10. The van der Waals surface area contributed by atoms with Crippen LogP contribution in [-0.2, 0) is 4.74 Å². The first kappa shape index (κ1) is 14.5. The average molecular weight is 302 g/mol. The highest BCUT2D eigenvalue weighted by atomic mass is 79.9. The Morgan fingerprint density at radius 2 is 2.12 bits per heavy atom. The molecule has 0 bridgehead atoms. The van der Waals surface area contributed by atoms with Crippen LogP contribution in [0, 0.1) is 0 Å². The van der Waals surface area contributed by atoms with Crippen molar-refractivity contribution in [1.82, 2.24) is 5.32 Å². The number of nitrogens with one attached hydrogen (secondary N) is 1. The van der Waals surface area contributed by atoms with E-state index < -0.39 is 0 Å². The highest BCUT2D eigenvalue weighted by Gasteiger charge is 2.11. The Labute approximate surface area is 112 Å². The third-order valence-corrected chi connectivity index (χ3v) is 2.94. The van der Waals surface area contributed by atoms with Gasteiger partial charge in [-0.05, 0) is 41.0 Å². The van der Waals surface area contributed by atoms with Crippen LogP contribution in [0.15, 0.2) is 28.7 Å². The highest BCUT2D eigenvalue weighted by Crippen LogP contribution is 2.24. The minimum atomic E-state index is 0.0326. The zero-order chi connectivity index (χ0) is 12.5. The molecule has 0 aliphatic rings. The van der Waals surface area contributed by atoms with Gasteiger partial charge in [0.05, 0.1) is 11.1 Å². The lowest BCUT2D eigenvalue weighted by Crippen LogP contribution is -2.35. The monoisotopic (exact) mass is 301 g/mol. The van der Waals surface area contributed by atoms with E-state index in [0.717, 1.165) is 29.7 Å². The van der Waals surface area contributed by atoms with E-state index in [-0.39, 0.29) is 6.10 Å². The van der Waals surface area contributed by atoms with Crippen LogP contribution < -0.4 is 10.1 Å². The summed E-state index contributed by atoms with van der Waals surface area (Å²) < 4.78 is 12.0. The van der Waals surface area contributed by atoms with E-state index in [0.29, 0.717) is 6.61 Å². The van der Waals surface area contributed by atoms with Gasteiger partial charge in [-0.1, -0.05) is 19.1 Å². The number of ether oxygens (including phenoxy) is 2. The van der Waals surface area contributed by atoms with E-state index in [2.05, 4.69) is 28.2 Å². The Balaban J connectivity index is 2.50. The molecular formula is C13H20BrNO2. The molecule has 4 heteroatoms. The predicted molar refractivity (Wildman–Crippen MR) is 73.6 cm³/mol. The molecule has 3 nitrogen and oxygen atoms in total. The van der Waals surface area contributed by atoms with Gasteiger partial charge in [0.1, 0.15) is 11.9 Å². The van der Waals surface area contributed by atoms with Crippen molar-refractivity contribution in [3.63, 3.8) is 0 Å². The number of hydrogen-bond donors (Lipinski definition) is 1. The molecule has 0 aliphatic carbocycles. The van der Waals surface area contributed by atoms with Gasteiger partial charge in [0, 0.05) is 13.7 Å². The third kappa shape index (κ3) is 5.52. The number of halogens is 1. The molecule has 0 aliphatic heterocycles. The van der Waals surface area contributed by atoms with Gasteiger partial charge >= 0.3 is 0 Å². The Hall–Kier alpha value is -0.580. The molecule has 0 spiro atoms. The van der Waals surface area contributed by atoms with E-state index in [4.69, 9.17) is 9.47 Å². The second-order valence-electron chi connectivity index (χ2n) is 3.83. The van der Waals surface area contributed by atoms with Crippen LogP contribution in [0.1, 0.15) is 13.3 Å². The minimum Gasteiger partial charge on any atom is -0.486 e. The van der Waals surface area contributed by atoms with E-state index in [1.54, 1.807) is 7.11 Å². The first-order valence-electron chi connectivity index (χ1n) is 5.88. The van der Waals surface area contributed by atoms with Crippen LogP contribution in [0.2, 0.25) is 0 Å². The molecule has 1 rings (SSSR count). The first-order valence-corrected chi connectivity index (χ1v) is 6.68. The van der Waals surface area contributed by atoms with Crippen LogP contribution >= 0.6 is 15.9 Å². The number of hydrogen-bond acceptors (Lipinski definition) is 3. The molecule has 1 aromatic rings. The van der Waals surface area contributed by atoms with Crippen molar-refractivity contribution < 1.29 is 9.47 Å². The van der Waals surface area contributed by atoms with Crippen molar-refractivity contribution in [2.75, 3.05) is 26.8 Å². The van der Waals surface area contributed by atoms with Crippen molar-refractivity contribution in [2.45, 2.75) is 19.4 Å². The fourth-order valence-electron chi connectivity index (χ4n) is 1.48. The third-order valence-electron chi connectivity index (χ3n) is 2.28. The lowest BCUT2D eigenvalue weighted by Gasteiger charge is -2.19. The Kier molecular flexibility index (Phi) is 7.24. The zero-order valence-corrected chi connectivity index (χ0v) is 12.0. The van der Waals surface area contributed by atoms with Crippen molar-refractivity contribution >= 4 is 15.9 Å². The van der Waals surface area contributed by atoms with Gasteiger partial charge in [-0.2, -0.15) is 0 Å². The molecule has 0 aromatic heterocycles. The van der Waals surface area contributed by atoms with Crippen molar-refractivity contribution in [3.05, 3.63) is 28.7 Å². The van der Waals surface area contributed by atoms with Gasteiger partial charge in [-0.3, -0.25) is 0 Å². The van der Waals surface area contributed by atoms with Gasteiger partial charge in [0.15, 0.2) is 0 Å². The summed E-state index contributed by atoms with van der Waals surface area (Å²) in [5.74, 6) is 0.854. The topological polar surface area (TPSA) is 30.5 Å². The molecule has 0 saturated carbocycles. The van der Waals surface area contributed by atoms with Crippen LogP contribution in [0.25, 0.3) is 0 Å². The predicted octanol–water partition coefficient (Wildman–Crippen LogP) is 2.84. The van der Waals surface area contributed by atoms with Gasteiger partial charge in [0.2, 0.25) is 0 Å². The maximum absolute atomic E-state index is 5.90. The van der Waals surface area contributed by atoms with Gasteiger partial charge in [-0.25, -0.2) is 0 Å². The number of methoxy groups -OCH3 is 1. The normalized spacial score (nSPS) is 12.4. The largest absolute Gasteiger partial charge is 0.486 e. The SMILES string of the molecule is CCCNCC(COC)Oc1ccccc1Br. The minimum absolute atomic E-state index is 0.0326. The summed E-state index contributed by atoms with van der Waals surface area (Å²) in [5, 5.41) is 3.34. The molecule has 1 aromatic carbocycles. The summed E-state index contributed by atoms with van der Waals surface area (Å²) >= 11 is 3.47. The van der Waals surface area contributed by atoms with E-state index in [9.17, 15) is 0 Å². The molecule has 1 unspecified atom stereocenters.